The van der Waals surface area contributed by atoms with Gasteiger partial charge in [0.15, 0.2) is 0 Å². The van der Waals surface area contributed by atoms with E-state index in [1.165, 1.54) is 11.1 Å². The second kappa shape index (κ2) is 7.28. The Bertz CT molecular complexity index is 1270. The van der Waals surface area contributed by atoms with Crippen LogP contribution in [0, 0.1) is 0 Å². The molecule has 9 heteroatoms. The number of nitrogens with zero attached hydrogens (tertiary/aromatic N) is 6. The van der Waals surface area contributed by atoms with Crippen molar-refractivity contribution < 1.29 is 0 Å². The van der Waals surface area contributed by atoms with Crippen molar-refractivity contribution in [3.05, 3.63) is 47.9 Å². The highest BCUT2D eigenvalue weighted by molar-refractivity contribution is 5.94. The summed E-state index contributed by atoms with van der Waals surface area (Å²) in [6.07, 6.45) is 8.55. The molecule has 0 aromatic carbocycles. The Morgan fingerprint density at radius 1 is 1.13 bits per heavy atom. The molecule has 0 radical (unpaired) electrons. The normalized spacial score (nSPS) is 17.8. The van der Waals surface area contributed by atoms with Crippen molar-refractivity contribution in [2.45, 2.75) is 31.7 Å². The van der Waals surface area contributed by atoms with Crippen LogP contribution >= 0.6 is 0 Å². The minimum Gasteiger partial charge on any atom is -0.383 e. The molecular formula is C22H25N9. The van der Waals surface area contributed by atoms with Gasteiger partial charge in [0.05, 0.1) is 11.9 Å². The zero-order chi connectivity index (χ0) is 21.6. The van der Waals surface area contributed by atoms with Crippen LogP contribution in [0.5, 0.6) is 0 Å². The number of hydrogen-bond acceptors (Lipinski definition) is 8. The SMILES string of the molecule is CCC1(NC)CCc2cnc(Nc3cc4cc(-c5cnnn5C)nc(N)c4cn3)cc21. The molecule has 31 heavy (non-hydrogen) atoms. The van der Waals surface area contributed by atoms with Gasteiger partial charge in [-0.3, -0.25) is 0 Å². The third-order valence-corrected chi connectivity index (χ3v) is 6.38. The molecular weight excluding hydrogens is 390 g/mol. The number of nitrogen functional groups attached to an aromatic ring is 1. The van der Waals surface area contributed by atoms with Gasteiger partial charge in [0.25, 0.3) is 0 Å². The highest BCUT2D eigenvalue weighted by Gasteiger charge is 2.36. The number of rotatable bonds is 5. The van der Waals surface area contributed by atoms with Crippen molar-refractivity contribution in [3.63, 3.8) is 0 Å². The van der Waals surface area contributed by atoms with Gasteiger partial charge in [-0.05, 0) is 61.0 Å². The largest absolute Gasteiger partial charge is 0.383 e. The number of hydrogen-bond donors (Lipinski definition) is 3. The molecule has 4 N–H and O–H groups in total. The topological polar surface area (TPSA) is 119 Å². The van der Waals surface area contributed by atoms with Crippen molar-refractivity contribution >= 4 is 28.2 Å². The molecule has 4 aromatic rings. The van der Waals surface area contributed by atoms with Crippen LogP contribution in [0.15, 0.2) is 36.8 Å². The molecule has 0 saturated carbocycles. The van der Waals surface area contributed by atoms with Gasteiger partial charge in [0, 0.05) is 30.4 Å². The van der Waals surface area contributed by atoms with Gasteiger partial charge in [-0.1, -0.05) is 12.1 Å². The minimum atomic E-state index is 0.0116. The molecule has 0 aliphatic heterocycles. The van der Waals surface area contributed by atoms with Crippen LogP contribution in [-0.4, -0.2) is 37.0 Å². The van der Waals surface area contributed by atoms with Crippen molar-refractivity contribution in [2.75, 3.05) is 18.1 Å². The van der Waals surface area contributed by atoms with Gasteiger partial charge < -0.3 is 16.4 Å². The highest BCUT2D eigenvalue weighted by Crippen LogP contribution is 2.40. The number of aryl methyl sites for hydroxylation is 2. The summed E-state index contributed by atoms with van der Waals surface area (Å²) in [6, 6.07) is 6.07. The summed E-state index contributed by atoms with van der Waals surface area (Å²) in [5.41, 5.74) is 10.3. The number of pyridine rings is 3. The van der Waals surface area contributed by atoms with Crippen LogP contribution < -0.4 is 16.4 Å². The molecule has 0 spiro atoms. The number of anilines is 3. The fourth-order valence-electron chi connectivity index (χ4n) is 4.51. The fourth-order valence-corrected chi connectivity index (χ4v) is 4.51. The molecule has 9 nitrogen and oxygen atoms in total. The Balaban J connectivity index is 1.51. The smallest absolute Gasteiger partial charge is 0.133 e. The molecule has 0 bridgehead atoms. The average Bonchev–Trinajstić information content (AvgIpc) is 3.37. The quantitative estimate of drug-likeness (QED) is 0.455. The maximum Gasteiger partial charge on any atom is 0.133 e. The van der Waals surface area contributed by atoms with Gasteiger partial charge in [-0.2, -0.15) is 0 Å². The first-order chi connectivity index (χ1) is 15.0. The third-order valence-electron chi connectivity index (χ3n) is 6.38. The second-order valence-electron chi connectivity index (χ2n) is 7.96. The summed E-state index contributed by atoms with van der Waals surface area (Å²) in [6.45, 7) is 2.22. The molecule has 4 aromatic heterocycles. The van der Waals surface area contributed by atoms with Crippen molar-refractivity contribution in [1.29, 1.82) is 0 Å². The van der Waals surface area contributed by atoms with E-state index in [0.717, 1.165) is 41.5 Å². The highest BCUT2D eigenvalue weighted by atomic mass is 15.4. The Morgan fingerprint density at radius 3 is 2.68 bits per heavy atom. The van der Waals surface area contributed by atoms with Crippen molar-refractivity contribution in [1.82, 2.24) is 35.3 Å². The van der Waals surface area contributed by atoms with Crippen LogP contribution in [-0.2, 0) is 19.0 Å². The molecule has 5 rings (SSSR count). The van der Waals surface area contributed by atoms with E-state index in [1.54, 1.807) is 17.1 Å². The number of fused-ring (bicyclic) bond motifs is 2. The lowest BCUT2D eigenvalue weighted by Crippen LogP contribution is -2.37. The third kappa shape index (κ3) is 3.17. The van der Waals surface area contributed by atoms with E-state index in [4.69, 9.17) is 5.73 Å². The summed E-state index contributed by atoms with van der Waals surface area (Å²) in [7, 11) is 3.86. The van der Waals surface area contributed by atoms with Crippen LogP contribution in [0.4, 0.5) is 17.5 Å². The van der Waals surface area contributed by atoms with Crippen LogP contribution in [0.25, 0.3) is 22.2 Å². The van der Waals surface area contributed by atoms with E-state index in [1.807, 2.05) is 32.4 Å². The van der Waals surface area contributed by atoms with E-state index >= 15 is 0 Å². The second-order valence-corrected chi connectivity index (χ2v) is 7.96. The standard InChI is InChI=1S/C22H25N9/c1-4-22(24-2)6-5-13-10-25-20(9-16(13)22)29-19-8-14-7-17(18-12-27-30-31(18)3)28-21(23)15(14)11-26-19/h7-12,24H,4-6H2,1-3H3,(H2,23,28)(H,25,26,29). The van der Waals surface area contributed by atoms with Gasteiger partial charge in [0.2, 0.25) is 0 Å². The lowest BCUT2D eigenvalue weighted by molar-refractivity contribution is 0.346. The average molecular weight is 416 g/mol. The first-order valence-electron chi connectivity index (χ1n) is 10.4. The van der Waals surface area contributed by atoms with Gasteiger partial charge in [-0.15, -0.1) is 5.10 Å². The molecule has 158 valence electrons. The predicted octanol–water partition coefficient (Wildman–Crippen LogP) is 2.92. The van der Waals surface area contributed by atoms with E-state index in [9.17, 15) is 0 Å². The summed E-state index contributed by atoms with van der Waals surface area (Å²) in [5, 5.41) is 16.5. The summed E-state index contributed by atoms with van der Waals surface area (Å²) < 4.78 is 1.67. The Labute approximate surface area is 180 Å². The minimum absolute atomic E-state index is 0.0116. The molecule has 4 heterocycles. The van der Waals surface area contributed by atoms with E-state index in [-0.39, 0.29) is 5.54 Å². The summed E-state index contributed by atoms with van der Waals surface area (Å²) >= 11 is 0. The Hall–Kier alpha value is -3.59. The fraction of sp³-hybridized carbons (Fsp3) is 0.318. The van der Waals surface area contributed by atoms with E-state index < -0.39 is 0 Å². The van der Waals surface area contributed by atoms with E-state index in [0.29, 0.717) is 17.3 Å². The van der Waals surface area contributed by atoms with Crippen LogP contribution in [0.1, 0.15) is 30.9 Å². The first kappa shape index (κ1) is 19.4. The number of aromatic nitrogens is 6. The Kier molecular flexibility index (Phi) is 4.55. The van der Waals surface area contributed by atoms with Gasteiger partial charge in [0.1, 0.15) is 23.1 Å². The lowest BCUT2D eigenvalue weighted by atomic mass is 9.89. The predicted molar refractivity (Wildman–Crippen MR) is 121 cm³/mol. The van der Waals surface area contributed by atoms with Crippen molar-refractivity contribution in [2.24, 2.45) is 7.05 Å². The summed E-state index contributed by atoms with van der Waals surface area (Å²) in [4.78, 5) is 13.6. The Morgan fingerprint density at radius 2 is 1.94 bits per heavy atom. The maximum absolute atomic E-state index is 6.20. The molecule has 1 aliphatic carbocycles. The molecule has 1 aliphatic rings. The number of nitrogens with one attached hydrogen (secondary N) is 2. The summed E-state index contributed by atoms with van der Waals surface area (Å²) in [5.74, 6) is 1.90. The molecule has 0 amide bonds. The monoisotopic (exact) mass is 415 g/mol. The molecule has 0 saturated heterocycles. The van der Waals surface area contributed by atoms with Crippen molar-refractivity contribution in [3.8, 4) is 11.4 Å². The van der Waals surface area contributed by atoms with Gasteiger partial charge >= 0.3 is 0 Å². The van der Waals surface area contributed by atoms with Gasteiger partial charge in [-0.25, -0.2) is 19.6 Å². The van der Waals surface area contributed by atoms with E-state index in [2.05, 4.69) is 48.9 Å². The zero-order valence-corrected chi connectivity index (χ0v) is 17.8. The molecule has 1 unspecified atom stereocenters. The first-order valence-corrected chi connectivity index (χ1v) is 10.4. The number of nitrogens with two attached hydrogens (primary N) is 1. The molecule has 0 fully saturated rings. The zero-order valence-electron chi connectivity index (χ0n) is 17.8. The molecule has 1 atom stereocenters. The van der Waals surface area contributed by atoms with Crippen LogP contribution in [0.2, 0.25) is 0 Å². The maximum atomic E-state index is 6.20. The van der Waals surface area contributed by atoms with Crippen LogP contribution in [0.3, 0.4) is 0 Å². The lowest BCUT2D eigenvalue weighted by Gasteiger charge is -2.29.